The topological polar surface area (TPSA) is 99.0 Å². The molecule has 178 valence electrons. The fraction of sp³-hybridized carbons (Fsp3) is 0.364. The molecule has 0 bridgehead atoms. The molecule has 33 heavy (non-hydrogen) atoms. The first-order valence-electron chi connectivity index (χ1n) is 9.99. The minimum Gasteiger partial charge on any atom is -0.495 e. The Kier molecular flexibility index (Phi) is 9.74. The van der Waals surface area contributed by atoms with Crippen LogP contribution in [0.15, 0.2) is 40.6 Å². The zero-order valence-corrected chi connectivity index (χ0v) is 20.4. The van der Waals surface area contributed by atoms with Gasteiger partial charge in [0.25, 0.3) is 5.91 Å². The van der Waals surface area contributed by atoms with Crippen molar-refractivity contribution in [3.63, 3.8) is 0 Å². The average molecular weight is 498 g/mol. The molecule has 11 heteroatoms. The summed E-state index contributed by atoms with van der Waals surface area (Å²) in [5, 5.41) is 8.18. The summed E-state index contributed by atoms with van der Waals surface area (Å²) in [5.74, 6) is 0.243. The number of Topliss-reactive ketones (excluding diaryl/α,β-unsaturated/α-hetero) is 1. The first-order chi connectivity index (χ1) is 15.8. The van der Waals surface area contributed by atoms with Crippen molar-refractivity contribution in [2.45, 2.75) is 26.8 Å². The Labute approximate surface area is 202 Å². The van der Waals surface area contributed by atoms with Gasteiger partial charge >= 0.3 is 0 Å². The number of nitrogens with zero attached hydrogens (tertiary/aromatic N) is 3. The first-order valence-corrected chi connectivity index (χ1v) is 10.7. The molecular formula is C22H25Cl2N3O6. The van der Waals surface area contributed by atoms with E-state index in [1.165, 1.54) is 33.3 Å². The Bertz CT molecular complexity index is 1030. The molecule has 9 nitrogen and oxygen atoms in total. The van der Waals surface area contributed by atoms with Gasteiger partial charge in [-0.25, -0.2) is 4.42 Å². The van der Waals surface area contributed by atoms with Gasteiger partial charge in [-0.15, -0.1) is 0 Å². The molecule has 1 atom stereocenters. The molecule has 0 radical (unpaired) electrons. The number of rotatable bonds is 11. The van der Waals surface area contributed by atoms with Crippen molar-refractivity contribution in [3.8, 4) is 23.0 Å². The number of hydrogen-bond donors (Lipinski definition) is 0. The second-order valence-electron chi connectivity index (χ2n) is 6.50. The van der Waals surface area contributed by atoms with Gasteiger partial charge < -0.3 is 18.9 Å². The van der Waals surface area contributed by atoms with Gasteiger partial charge in [0.2, 0.25) is 6.04 Å². The van der Waals surface area contributed by atoms with Crippen molar-refractivity contribution in [2.24, 2.45) is 10.2 Å². The zero-order valence-electron chi connectivity index (χ0n) is 18.9. The van der Waals surface area contributed by atoms with Crippen LogP contribution < -0.4 is 23.4 Å². The number of azo groups is 1. The molecule has 2 aromatic rings. The van der Waals surface area contributed by atoms with E-state index in [2.05, 4.69) is 10.2 Å². The van der Waals surface area contributed by atoms with E-state index in [0.29, 0.717) is 36.2 Å². The lowest BCUT2D eigenvalue weighted by Gasteiger charge is -2.19. The smallest absolute Gasteiger partial charge is 0.276 e. The predicted octanol–water partition coefficient (Wildman–Crippen LogP) is 5.38. The Hall–Kier alpha value is -3.04. The third-order valence-corrected chi connectivity index (χ3v) is 4.96. The Morgan fingerprint density at radius 1 is 0.970 bits per heavy atom. The van der Waals surface area contributed by atoms with Crippen molar-refractivity contribution < 1.29 is 28.5 Å². The molecule has 0 saturated carbocycles. The summed E-state index contributed by atoms with van der Waals surface area (Å²) in [5.41, 5.74) is 0.489. The number of anilines is 1. The molecule has 0 aliphatic carbocycles. The number of amides is 1. The number of benzene rings is 2. The summed E-state index contributed by atoms with van der Waals surface area (Å²) >= 11 is 12.4. The minimum absolute atomic E-state index is 0.211. The van der Waals surface area contributed by atoms with Gasteiger partial charge in [-0.2, -0.15) is 10.2 Å². The van der Waals surface area contributed by atoms with E-state index in [0.717, 1.165) is 4.42 Å². The molecule has 1 unspecified atom stereocenters. The molecule has 0 spiro atoms. The Morgan fingerprint density at radius 3 is 2.18 bits per heavy atom. The highest BCUT2D eigenvalue weighted by atomic mass is 35.5. The maximum absolute atomic E-state index is 13.0. The van der Waals surface area contributed by atoms with Gasteiger partial charge in [-0.1, -0.05) is 11.6 Å². The summed E-state index contributed by atoms with van der Waals surface area (Å²) in [6.45, 7) is 5.70. The molecule has 0 aliphatic heterocycles. The maximum Gasteiger partial charge on any atom is 0.276 e. The van der Waals surface area contributed by atoms with Crippen LogP contribution in [0, 0.1) is 0 Å². The SMILES string of the molecule is CCOc1ccc(N(Cl)C(=O)C(N=Nc2cc(Cl)c(OC)cc2OC)C(C)=O)cc1OCC. The highest BCUT2D eigenvalue weighted by Crippen LogP contribution is 2.38. The molecule has 0 N–H and O–H groups in total. The molecule has 1 amide bonds. The third kappa shape index (κ3) is 6.49. The van der Waals surface area contributed by atoms with Crippen LogP contribution in [0.4, 0.5) is 11.4 Å². The summed E-state index contributed by atoms with van der Waals surface area (Å²) < 4.78 is 22.3. The van der Waals surface area contributed by atoms with Gasteiger partial charge in [0.1, 0.15) is 17.2 Å². The molecule has 0 heterocycles. The van der Waals surface area contributed by atoms with Gasteiger partial charge in [0.05, 0.1) is 38.1 Å². The lowest BCUT2D eigenvalue weighted by Crippen LogP contribution is -2.36. The molecule has 0 aliphatic rings. The number of halogens is 2. The van der Waals surface area contributed by atoms with Crippen LogP contribution in [0.2, 0.25) is 5.02 Å². The third-order valence-electron chi connectivity index (χ3n) is 4.30. The largest absolute Gasteiger partial charge is 0.495 e. The lowest BCUT2D eigenvalue weighted by molar-refractivity contribution is -0.126. The summed E-state index contributed by atoms with van der Waals surface area (Å²) in [7, 11) is 2.89. The van der Waals surface area contributed by atoms with Crippen LogP contribution >= 0.6 is 23.4 Å². The average Bonchev–Trinajstić information content (AvgIpc) is 2.79. The van der Waals surface area contributed by atoms with Crippen molar-refractivity contribution in [1.82, 2.24) is 0 Å². The molecule has 0 saturated heterocycles. The quantitative estimate of drug-likeness (QED) is 0.234. The second kappa shape index (κ2) is 12.3. The lowest BCUT2D eigenvalue weighted by atomic mass is 10.2. The molecular weight excluding hydrogens is 473 g/mol. The zero-order chi connectivity index (χ0) is 24.5. The number of ether oxygens (including phenoxy) is 4. The van der Waals surface area contributed by atoms with Crippen LogP contribution in [0.3, 0.4) is 0 Å². The van der Waals surface area contributed by atoms with E-state index in [-0.39, 0.29) is 16.4 Å². The van der Waals surface area contributed by atoms with Gasteiger partial charge in [0.15, 0.2) is 17.3 Å². The van der Waals surface area contributed by atoms with Crippen LogP contribution in [-0.2, 0) is 9.59 Å². The van der Waals surface area contributed by atoms with E-state index in [1.807, 2.05) is 13.8 Å². The van der Waals surface area contributed by atoms with Gasteiger partial charge in [-0.05, 0) is 39.0 Å². The van der Waals surface area contributed by atoms with Crippen molar-refractivity contribution in [1.29, 1.82) is 0 Å². The van der Waals surface area contributed by atoms with Crippen LogP contribution in [0.5, 0.6) is 23.0 Å². The van der Waals surface area contributed by atoms with Gasteiger partial charge in [0, 0.05) is 23.9 Å². The molecule has 0 fully saturated rings. The number of carbonyl (C=O) groups is 2. The number of ketones is 1. The van der Waals surface area contributed by atoms with Crippen LogP contribution in [0.25, 0.3) is 0 Å². The van der Waals surface area contributed by atoms with Crippen molar-refractivity contribution >= 4 is 46.4 Å². The number of hydrogen-bond acceptors (Lipinski definition) is 8. The Morgan fingerprint density at radius 2 is 1.61 bits per heavy atom. The molecule has 2 rings (SSSR count). The first kappa shape index (κ1) is 26.2. The van der Waals surface area contributed by atoms with E-state index >= 15 is 0 Å². The fourth-order valence-electron chi connectivity index (χ4n) is 2.74. The van der Waals surface area contributed by atoms with Crippen molar-refractivity contribution in [2.75, 3.05) is 31.9 Å². The monoisotopic (exact) mass is 497 g/mol. The van der Waals surface area contributed by atoms with Crippen molar-refractivity contribution in [3.05, 3.63) is 35.4 Å². The molecule has 2 aromatic carbocycles. The summed E-state index contributed by atoms with van der Waals surface area (Å²) in [4.78, 5) is 25.2. The highest BCUT2D eigenvalue weighted by molar-refractivity contribution is 6.39. The second-order valence-corrected chi connectivity index (χ2v) is 7.25. The van der Waals surface area contributed by atoms with Gasteiger partial charge in [-0.3, -0.25) is 9.59 Å². The summed E-state index contributed by atoms with van der Waals surface area (Å²) in [6.07, 6.45) is 0. The van der Waals surface area contributed by atoms with E-state index < -0.39 is 17.7 Å². The fourth-order valence-corrected chi connectivity index (χ4v) is 3.18. The highest BCUT2D eigenvalue weighted by Gasteiger charge is 2.29. The van der Waals surface area contributed by atoms with E-state index in [9.17, 15) is 9.59 Å². The van der Waals surface area contributed by atoms with E-state index in [1.54, 1.807) is 18.2 Å². The minimum atomic E-state index is -1.49. The standard InChI is InChI=1S/C22H25Cl2N3O6/c1-6-32-17-9-8-14(10-20(17)33-7-2)27(24)22(29)21(13(3)28)26-25-16-11-15(23)18(30-4)12-19(16)31-5/h8-12,21H,6-7H2,1-5H3. The normalized spacial score (nSPS) is 11.7. The van der Waals surface area contributed by atoms with Crippen LogP contribution in [0.1, 0.15) is 20.8 Å². The van der Waals surface area contributed by atoms with Crippen LogP contribution in [-0.4, -0.2) is 45.2 Å². The summed E-state index contributed by atoms with van der Waals surface area (Å²) in [6, 6.07) is 6.21. The molecule has 0 aromatic heterocycles. The maximum atomic E-state index is 13.0. The number of carbonyl (C=O) groups excluding carboxylic acids is 2. The predicted molar refractivity (Wildman–Crippen MR) is 126 cm³/mol. The Balaban J connectivity index is 2.35. The number of methoxy groups -OCH3 is 2. The van der Waals surface area contributed by atoms with E-state index in [4.69, 9.17) is 42.3 Å².